The first-order valence-corrected chi connectivity index (χ1v) is 13.9. The number of sulfonamides is 1. The van der Waals surface area contributed by atoms with Gasteiger partial charge < -0.3 is 9.88 Å². The average molecular weight is 498 g/mol. The minimum absolute atomic E-state index is 0.0362. The van der Waals surface area contributed by atoms with Gasteiger partial charge in [0.15, 0.2) is 0 Å². The summed E-state index contributed by atoms with van der Waals surface area (Å²) in [4.78, 5) is 19.7. The number of amides is 1. The Morgan fingerprint density at radius 2 is 1.80 bits per heavy atom. The zero-order valence-electron chi connectivity index (χ0n) is 20.6. The van der Waals surface area contributed by atoms with Crippen molar-refractivity contribution in [1.29, 1.82) is 0 Å². The minimum atomic E-state index is -3.53. The predicted molar refractivity (Wildman–Crippen MR) is 137 cm³/mol. The van der Waals surface area contributed by atoms with Crippen LogP contribution >= 0.6 is 0 Å². The summed E-state index contributed by atoms with van der Waals surface area (Å²) in [5.41, 5.74) is 2.76. The molecular weight excluding hydrogens is 462 g/mol. The largest absolute Gasteiger partial charge is 0.353 e. The molecule has 0 unspecified atom stereocenters. The van der Waals surface area contributed by atoms with Crippen LogP contribution in [-0.4, -0.2) is 65.3 Å². The summed E-state index contributed by atoms with van der Waals surface area (Å²) in [7, 11) is -3.53. The smallest absolute Gasteiger partial charge is 0.243 e. The Hall–Kier alpha value is -2.75. The molecule has 8 nitrogen and oxygen atoms in total. The third-order valence-corrected chi connectivity index (χ3v) is 8.76. The van der Waals surface area contributed by atoms with Crippen LogP contribution in [0.15, 0.2) is 59.8 Å². The maximum atomic E-state index is 12.8. The van der Waals surface area contributed by atoms with Crippen molar-refractivity contribution in [1.82, 2.24) is 24.1 Å². The lowest BCUT2D eigenvalue weighted by Gasteiger charge is -2.32. The summed E-state index contributed by atoms with van der Waals surface area (Å²) in [6.07, 6.45) is 3.94. The van der Waals surface area contributed by atoms with Gasteiger partial charge >= 0.3 is 0 Å². The molecule has 1 N–H and O–H groups in total. The van der Waals surface area contributed by atoms with E-state index < -0.39 is 10.0 Å². The van der Waals surface area contributed by atoms with Crippen molar-refractivity contribution in [3.8, 4) is 0 Å². The van der Waals surface area contributed by atoms with Gasteiger partial charge in [0.25, 0.3) is 0 Å². The Bertz CT molecular complexity index is 1230. The van der Waals surface area contributed by atoms with Gasteiger partial charge in [0.2, 0.25) is 15.9 Å². The van der Waals surface area contributed by atoms with Crippen molar-refractivity contribution in [2.24, 2.45) is 0 Å². The second-order valence-corrected chi connectivity index (χ2v) is 11.0. The number of benzene rings is 2. The number of nitrogens with one attached hydrogen (secondary N) is 1. The van der Waals surface area contributed by atoms with E-state index in [2.05, 4.69) is 39.5 Å². The minimum Gasteiger partial charge on any atom is -0.353 e. The highest BCUT2D eigenvalue weighted by atomic mass is 32.2. The lowest BCUT2D eigenvalue weighted by Crippen LogP contribution is -2.44. The molecule has 2 aromatic carbocycles. The summed E-state index contributed by atoms with van der Waals surface area (Å²) in [6.45, 7) is 7.90. The molecule has 9 heteroatoms. The first kappa shape index (κ1) is 25.3. The van der Waals surface area contributed by atoms with Crippen molar-refractivity contribution in [3.05, 3.63) is 60.4 Å². The van der Waals surface area contributed by atoms with E-state index in [9.17, 15) is 13.2 Å². The van der Waals surface area contributed by atoms with E-state index in [1.165, 1.54) is 9.87 Å². The van der Waals surface area contributed by atoms with Crippen LogP contribution in [0.3, 0.4) is 0 Å². The van der Waals surface area contributed by atoms with Crippen LogP contribution in [0.1, 0.15) is 38.7 Å². The number of aromatic nitrogens is 2. The number of likely N-dealkylation sites (tertiary alicyclic amines) is 1. The van der Waals surface area contributed by atoms with Gasteiger partial charge in [-0.15, -0.1) is 0 Å². The van der Waals surface area contributed by atoms with Crippen LogP contribution < -0.4 is 5.32 Å². The molecule has 1 fully saturated rings. The molecule has 2 heterocycles. The summed E-state index contributed by atoms with van der Waals surface area (Å²) in [5, 5.41) is 3.18. The van der Waals surface area contributed by atoms with Crippen LogP contribution in [0.2, 0.25) is 0 Å². The highest BCUT2D eigenvalue weighted by molar-refractivity contribution is 7.89. The molecule has 1 amide bonds. The number of carbonyl (C=O) groups excluding carboxylic acids is 1. The molecule has 0 bridgehead atoms. The number of hydrogen-bond donors (Lipinski definition) is 1. The zero-order valence-corrected chi connectivity index (χ0v) is 21.4. The van der Waals surface area contributed by atoms with Gasteiger partial charge in [-0.1, -0.05) is 44.2 Å². The molecule has 35 heavy (non-hydrogen) atoms. The Morgan fingerprint density at radius 1 is 1.09 bits per heavy atom. The van der Waals surface area contributed by atoms with Crippen LogP contribution in [-0.2, 0) is 27.9 Å². The summed E-state index contributed by atoms with van der Waals surface area (Å²) >= 11 is 0. The molecular formula is C26H35N5O3S. The van der Waals surface area contributed by atoms with Crippen LogP contribution in [0.25, 0.3) is 11.0 Å². The number of aryl methyl sites for hydroxylation is 1. The number of piperidine rings is 1. The first-order valence-electron chi connectivity index (χ1n) is 12.4. The Kier molecular flexibility index (Phi) is 8.20. The lowest BCUT2D eigenvalue weighted by atomic mass is 10.0. The summed E-state index contributed by atoms with van der Waals surface area (Å²) in [5.74, 6) is 0.0362. The normalized spacial score (nSPS) is 15.6. The third kappa shape index (κ3) is 6.09. The molecule has 1 aromatic heterocycles. The fourth-order valence-corrected chi connectivity index (χ4v) is 6.17. The Balaban J connectivity index is 1.28. The Labute approximate surface area is 208 Å². The van der Waals surface area contributed by atoms with Crippen LogP contribution in [0, 0.1) is 0 Å². The van der Waals surface area contributed by atoms with Gasteiger partial charge in [-0.2, -0.15) is 4.31 Å². The second kappa shape index (κ2) is 11.3. The van der Waals surface area contributed by atoms with Crippen LogP contribution in [0.5, 0.6) is 0 Å². The number of carbonyl (C=O) groups is 1. The molecule has 0 saturated carbocycles. The number of rotatable bonds is 10. The molecule has 3 aromatic rings. The van der Waals surface area contributed by atoms with Crippen molar-refractivity contribution in [2.45, 2.75) is 57.1 Å². The van der Waals surface area contributed by atoms with E-state index in [1.807, 2.05) is 24.5 Å². The SMILES string of the molecule is CCN(CC)S(=O)(=O)c1ccc2c(c1)ncn2CCC(=O)NC1CCN(Cc2ccccc2)CC1. The molecule has 0 atom stereocenters. The fourth-order valence-electron chi connectivity index (χ4n) is 4.69. The molecule has 1 saturated heterocycles. The number of fused-ring (bicyclic) bond motifs is 1. The van der Waals surface area contributed by atoms with Crippen LogP contribution in [0.4, 0.5) is 0 Å². The van der Waals surface area contributed by atoms with Gasteiger partial charge in [-0.05, 0) is 36.6 Å². The monoisotopic (exact) mass is 497 g/mol. The number of hydrogen-bond acceptors (Lipinski definition) is 5. The van der Waals surface area contributed by atoms with E-state index in [-0.39, 0.29) is 16.8 Å². The Morgan fingerprint density at radius 3 is 2.49 bits per heavy atom. The van der Waals surface area contributed by atoms with Crippen molar-refractivity contribution in [2.75, 3.05) is 26.2 Å². The van der Waals surface area contributed by atoms with Crippen molar-refractivity contribution < 1.29 is 13.2 Å². The van der Waals surface area contributed by atoms with E-state index in [0.717, 1.165) is 38.0 Å². The molecule has 1 aliphatic rings. The zero-order chi connectivity index (χ0) is 24.8. The summed E-state index contributed by atoms with van der Waals surface area (Å²) in [6, 6.07) is 15.7. The molecule has 4 rings (SSSR count). The fraction of sp³-hybridized carbons (Fsp3) is 0.462. The maximum absolute atomic E-state index is 12.8. The van der Waals surface area contributed by atoms with Gasteiger partial charge in [0, 0.05) is 51.7 Å². The highest BCUT2D eigenvalue weighted by Crippen LogP contribution is 2.22. The van der Waals surface area contributed by atoms with E-state index in [4.69, 9.17) is 0 Å². The lowest BCUT2D eigenvalue weighted by molar-refractivity contribution is -0.122. The van der Waals surface area contributed by atoms with Gasteiger partial charge in [-0.25, -0.2) is 13.4 Å². The van der Waals surface area contributed by atoms with Gasteiger partial charge in [0.1, 0.15) is 0 Å². The number of nitrogens with zero attached hydrogens (tertiary/aromatic N) is 4. The molecule has 0 radical (unpaired) electrons. The maximum Gasteiger partial charge on any atom is 0.243 e. The quantitative estimate of drug-likeness (QED) is 0.465. The van der Waals surface area contributed by atoms with Crippen molar-refractivity contribution >= 4 is 27.0 Å². The first-order chi connectivity index (χ1) is 16.9. The van der Waals surface area contributed by atoms with E-state index in [1.54, 1.807) is 24.5 Å². The summed E-state index contributed by atoms with van der Waals surface area (Å²) < 4.78 is 28.9. The predicted octanol–water partition coefficient (Wildman–Crippen LogP) is 3.24. The van der Waals surface area contributed by atoms with Gasteiger partial charge in [0.05, 0.1) is 22.3 Å². The molecule has 0 aliphatic carbocycles. The topological polar surface area (TPSA) is 87.5 Å². The second-order valence-electron chi connectivity index (χ2n) is 9.03. The number of imidazole rings is 1. The third-order valence-electron chi connectivity index (χ3n) is 6.72. The average Bonchev–Trinajstić information content (AvgIpc) is 3.27. The van der Waals surface area contributed by atoms with Gasteiger partial charge in [-0.3, -0.25) is 9.69 Å². The van der Waals surface area contributed by atoms with E-state index >= 15 is 0 Å². The van der Waals surface area contributed by atoms with Crippen molar-refractivity contribution in [3.63, 3.8) is 0 Å². The molecule has 188 valence electrons. The van der Waals surface area contributed by atoms with E-state index in [0.29, 0.717) is 31.6 Å². The molecule has 0 spiro atoms. The standard InChI is InChI=1S/C26H35N5O3S/c1-3-31(4-2)35(33,34)23-10-11-25-24(18-23)27-20-30(25)17-14-26(32)28-22-12-15-29(16-13-22)19-21-8-6-5-7-9-21/h5-11,18,20,22H,3-4,12-17,19H2,1-2H3,(H,28,32). The molecule has 1 aliphatic heterocycles. The highest BCUT2D eigenvalue weighted by Gasteiger charge is 2.23.